The van der Waals surface area contributed by atoms with Gasteiger partial charge < -0.3 is 14.6 Å². The topological polar surface area (TPSA) is 117 Å². The maximum atomic E-state index is 12.8. The predicted octanol–water partition coefficient (Wildman–Crippen LogP) is 4.91. The zero-order chi connectivity index (χ0) is 24.3. The van der Waals surface area contributed by atoms with Crippen molar-refractivity contribution in [2.75, 3.05) is 11.6 Å². The molecule has 0 radical (unpaired) electrons. The van der Waals surface area contributed by atoms with E-state index < -0.39 is 24.2 Å². The third kappa shape index (κ3) is 7.29. The number of anilines is 1. The molecule has 3 aromatic carbocycles. The van der Waals surface area contributed by atoms with E-state index in [2.05, 4.69) is 5.32 Å². The van der Waals surface area contributed by atoms with Crippen molar-refractivity contribution in [2.45, 2.75) is 17.1 Å². The van der Waals surface area contributed by atoms with Crippen LogP contribution in [-0.2, 0) is 9.53 Å². The number of hydroxylamine groups is 1. The largest absolute Gasteiger partial charge is 0.508 e. The highest BCUT2D eigenvalue weighted by Gasteiger charge is 2.28. The van der Waals surface area contributed by atoms with Crippen molar-refractivity contribution >= 4 is 29.4 Å². The Morgan fingerprint density at radius 1 is 0.971 bits per heavy atom. The van der Waals surface area contributed by atoms with E-state index >= 15 is 0 Å². The van der Waals surface area contributed by atoms with E-state index in [0.717, 1.165) is 11.0 Å². The average Bonchev–Trinajstić information content (AvgIpc) is 2.86. The quantitative estimate of drug-likeness (QED) is 0.149. The van der Waals surface area contributed by atoms with E-state index in [9.17, 15) is 14.7 Å². The minimum absolute atomic E-state index is 0.0385. The third-order valence-electron chi connectivity index (χ3n) is 4.65. The molecule has 0 saturated heterocycles. The molecule has 34 heavy (non-hydrogen) atoms. The number of hydrogen-bond donors (Lipinski definition) is 4. The molecule has 0 bridgehead atoms. The second-order valence-electron chi connectivity index (χ2n) is 7.00. The standard InChI is InChI=1S/C25H24N2O6S/c1-34-21-13-9-18(10-14-21)26-25(30)33-24(17-7-11-19(28)12-8-17)22(15-16-23(29)27-31)32-20-5-3-2-4-6-20/h2-16,22,24,28,31H,1H3,(H,26,30)(H,27,29)/b16-15+/t22-,24-/m0/s1. The number of aromatic hydroxyl groups is 1. The second kappa shape index (κ2) is 12.3. The van der Waals surface area contributed by atoms with Gasteiger partial charge in [0.2, 0.25) is 0 Å². The summed E-state index contributed by atoms with van der Waals surface area (Å²) in [5, 5.41) is 21.2. The zero-order valence-electron chi connectivity index (χ0n) is 18.3. The summed E-state index contributed by atoms with van der Waals surface area (Å²) >= 11 is 1.58. The number of benzene rings is 3. The molecule has 0 unspecified atom stereocenters. The Hall–Kier alpha value is -3.95. The molecule has 3 rings (SSSR count). The minimum Gasteiger partial charge on any atom is -0.508 e. The Kier molecular flexibility index (Phi) is 8.96. The Labute approximate surface area is 201 Å². The summed E-state index contributed by atoms with van der Waals surface area (Å²) < 4.78 is 11.7. The summed E-state index contributed by atoms with van der Waals surface area (Å²) in [6, 6.07) is 22.1. The van der Waals surface area contributed by atoms with Crippen molar-refractivity contribution in [3.05, 3.63) is 96.6 Å². The van der Waals surface area contributed by atoms with Gasteiger partial charge in [0, 0.05) is 16.7 Å². The number of thioether (sulfide) groups is 1. The Balaban J connectivity index is 1.89. The fourth-order valence-electron chi connectivity index (χ4n) is 3.00. The summed E-state index contributed by atoms with van der Waals surface area (Å²) in [7, 11) is 0. The summed E-state index contributed by atoms with van der Waals surface area (Å²) in [5.41, 5.74) is 2.58. The summed E-state index contributed by atoms with van der Waals surface area (Å²) in [4.78, 5) is 25.5. The van der Waals surface area contributed by atoms with Crippen LogP contribution in [-0.4, -0.2) is 34.7 Å². The van der Waals surface area contributed by atoms with Gasteiger partial charge in [-0.25, -0.2) is 10.3 Å². The number of nitrogens with one attached hydrogen (secondary N) is 2. The van der Waals surface area contributed by atoms with Gasteiger partial charge in [-0.1, -0.05) is 30.3 Å². The van der Waals surface area contributed by atoms with Gasteiger partial charge in [-0.05, 0) is 66.4 Å². The van der Waals surface area contributed by atoms with Crippen molar-refractivity contribution in [1.29, 1.82) is 0 Å². The molecule has 0 saturated carbocycles. The number of amides is 2. The van der Waals surface area contributed by atoms with Crippen LogP contribution in [0.15, 0.2) is 95.9 Å². The maximum absolute atomic E-state index is 12.8. The Morgan fingerprint density at radius 2 is 1.65 bits per heavy atom. The van der Waals surface area contributed by atoms with Gasteiger partial charge in [0.1, 0.15) is 11.5 Å². The predicted molar refractivity (Wildman–Crippen MR) is 129 cm³/mol. The minimum atomic E-state index is -1.01. The number of phenolic OH excluding ortho intramolecular Hbond substituents is 1. The molecule has 0 spiro atoms. The number of hydrogen-bond acceptors (Lipinski definition) is 7. The fraction of sp³-hybridized carbons (Fsp3) is 0.120. The van der Waals surface area contributed by atoms with Crippen LogP contribution in [0.5, 0.6) is 11.5 Å². The van der Waals surface area contributed by atoms with Crippen LogP contribution in [0, 0.1) is 0 Å². The van der Waals surface area contributed by atoms with Crippen molar-refractivity contribution in [3.8, 4) is 11.5 Å². The van der Waals surface area contributed by atoms with Gasteiger partial charge in [0.05, 0.1) is 0 Å². The molecular formula is C25H24N2O6S. The van der Waals surface area contributed by atoms with Crippen LogP contribution in [0.25, 0.3) is 0 Å². The van der Waals surface area contributed by atoms with Crippen molar-refractivity contribution in [2.24, 2.45) is 0 Å². The van der Waals surface area contributed by atoms with E-state index in [1.807, 2.05) is 24.5 Å². The first-order valence-corrected chi connectivity index (χ1v) is 11.5. The number of carbonyl (C=O) groups excluding carboxylic acids is 2. The first-order chi connectivity index (χ1) is 16.5. The SMILES string of the molecule is CSc1ccc(NC(=O)O[C@@H](c2ccc(O)cc2)[C@H](/C=C/C(=O)NO)Oc2ccccc2)cc1. The first kappa shape index (κ1) is 24.7. The van der Waals surface area contributed by atoms with Crippen molar-refractivity contribution in [1.82, 2.24) is 5.48 Å². The van der Waals surface area contributed by atoms with Crippen LogP contribution >= 0.6 is 11.8 Å². The number of carbonyl (C=O) groups is 2. The lowest BCUT2D eigenvalue weighted by Crippen LogP contribution is -2.30. The van der Waals surface area contributed by atoms with Crippen molar-refractivity contribution < 1.29 is 29.4 Å². The van der Waals surface area contributed by atoms with Crippen LogP contribution in [0.1, 0.15) is 11.7 Å². The maximum Gasteiger partial charge on any atom is 0.412 e. The highest BCUT2D eigenvalue weighted by molar-refractivity contribution is 7.98. The average molecular weight is 481 g/mol. The lowest BCUT2D eigenvalue weighted by molar-refractivity contribution is -0.124. The van der Waals surface area contributed by atoms with E-state index in [1.54, 1.807) is 60.3 Å². The van der Waals surface area contributed by atoms with Crippen LogP contribution < -0.4 is 15.5 Å². The van der Waals surface area contributed by atoms with Gasteiger partial charge in [-0.3, -0.25) is 15.3 Å². The fourth-order valence-corrected chi connectivity index (χ4v) is 3.41. The normalized spacial score (nSPS) is 12.5. The van der Waals surface area contributed by atoms with Gasteiger partial charge in [0.25, 0.3) is 5.91 Å². The van der Waals surface area contributed by atoms with Crippen LogP contribution in [0.4, 0.5) is 10.5 Å². The van der Waals surface area contributed by atoms with Crippen LogP contribution in [0.3, 0.4) is 0 Å². The van der Waals surface area contributed by atoms with Gasteiger partial charge in [0.15, 0.2) is 12.2 Å². The number of ether oxygens (including phenoxy) is 2. The second-order valence-corrected chi connectivity index (χ2v) is 7.88. The molecule has 2 amide bonds. The van der Waals surface area contributed by atoms with E-state index in [4.69, 9.17) is 14.7 Å². The molecule has 9 heteroatoms. The number of rotatable bonds is 9. The zero-order valence-corrected chi connectivity index (χ0v) is 19.1. The highest BCUT2D eigenvalue weighted by Crippen LogP contribution is 2.29. The highest BCUT2D eigenvalue weighted by atomic mass is 32.2. The first-order valence-electron chi connectivity index (χ1n) is 10.2. The molecule has 0 fully saturated rings. The summed E-state index contributed by atoms with van der Waals surface area (Å²) in [5.74, 6) is -0.261. The molecule has 0 aliphatic heterocycles. The monoisotopic (exact) mass is 480 g/mol. The van der Waals surface area contributed by atoms with E-state index in [-0.39, 0.29) is 5.75 Å². The molecular weight excluding hydrogens is 456 g/mol. The molecule has 3 aromatic rings. The summed E-state index contributed by atoms with van der Waals surface area (Å²) in [6.07, 6.45) is 1.70. The van der Waals surface area contributed by atoms with Crippen LogP contribution in [0.2, 0.25) is 0 Å². The van der Waals surface area contributed by atoms with Gasteiger partial charge in [-0.2, -0.15) is 0 Å². The molecule has 0 aromatic heterocycles. The number of para-hydroxylation sites is 1. The lowest BCUT2D eigenvalue weighted by Gasteiger charge is -2.26. The molecule has 0 aliphatic carbocycles. The molecule has 0 heterocycles. The number of phenols is 1. The molecule has 8 nitrogen and oxygen atoms in total. The molecule has 0 aliphatic rings. The molecule has 4 N–H and O–H groups in total. The lowest BCUT2D eigenvalue weighted by atomic mass is 10.0. The Bertz CT molecular complexity index is 1100. The van der Waals surface area contributed by atoms with Gasteiger partial charge >= 0.3 is 6.09 Å². The van der Waals surface area contributed by atoms with Crippen molar-refractivity contribution in [3.63, 3.8) is 0 Å². The third-order valence-corrected chi connectivity index (χ3v) is 5.40. The molecule has 2 atom stereocenters. The van der Waals surface area contributed by atoms with E-state index in [0.29, 0.717) is 17.0 Å². The summed E-state index contributed by atoms with van der Waals surface area (Å²) in [6.45, 7) is 0. The Morgan fingerprint density at radius 3 is 2.26 bits per heavy atom. The van der Waals surface area contributed by atoms with E-state index in [1.165, 1.54) is 23.7 Å². The van der Waals surface area contributed by atoms with Gasteiger partial charge in [-0.15, -0.1) is 11.8 Å². The smallest absolute Gasteiger partial charge is 0.412 e. The molecule has 176 valence electrons.